The number of likely N-dealkylation sites (N-methyl/N-ethyl adjacent to an activating group) is 1. The first-order valence-electron chi connectivity index (χ1n) is 8.47. The van der Waals surface area contributed by atoms with Crippen LogP contribution in [0.2, 0.25) is 0 Å². The molecule has 0 aromatic rings. The molecule has 0 aromatic carbocycles. The molecule has 1 aliphatic rings. The van der Waals surface area contributed by atoms with Crippen molar-refractivity contribution in [3.05, 3.63) is 11.8 Å². The molecule has 25 heavy (non-hydrogen) atoms. The molecule has 0 saturated carbocycles. The number of carbonyl (C=O) groups is 2. The molecular formula is C17H32N4O3S. The van der Waals surface area contributed by atoms with Gasteiger partial charge in [0.2, 0.25) is 5.91 Å². The lowest BCUT2D eigenvalue weighted by molar-refractivity contribution is -0.136. The van der Waals surface area contributed by atoms with Crippen LogP contribution in [0, 0.1) is 0 Å². The second-order valence-electron chi connectivity index (χ2n) is 7.49. The number of hydrogen-bond donors (Lipinski definition) is 3. The largest absolute Gasteiger partial charge is 0.400 e. The minimum atomic E-state index is -1.31. The Kier molecular flexibility index (Phi) is 7.49. The normalized spacial score (nSPS) is 18.5. The monoisotopic (exact) mass is 372 g/mol. The first-order chi connectivity index (χ1) is 11.4. The molecule has 0 radical (unpaired) electrons. The summed E-state index contributed by atoms with van der Waals surface area (Å²) in [4.78, 5) is 26.6. The predicted molar refractivity (Wildman–Crippen MR) is 102 cm³/mol. The van der Waals surface area contributed by atoms with Crippen molar-refractivity contribution in [1.29, 1.82) is 0 Å². The predicted octanol–water partition coefficient (Wildman–Crippen LogP) is 0.696. The first-order valence-corrected chi connectivity index (χ1v) is 9.65. The Morgan fingerprint density at radius 3 is 2.24 bits per heavy atom. The van der Waals surface area contributed by atoms with Gasteiger partial charge in [-0.05, 0) is 53.8 Å². The van der Waals surface area contributed by atoms with Gasteiger partial charge in [0.15, 0.2) is 0 Å². The number of amides is 2. The third-order valence-corrected chi connectivity index (χ3v) is 5.78. The zero-order valence-electron chi connectivity index (χ0n) is 16.1. The number of rotatable bonds is 6. The van der Waals surface area contributed by atoms with E-state index in [1.807, 2.05) is 11.9 Å². The van der Waals surface area contributed by atoms with Gasteiger partial charge >= 0.3 is 0 Å². The standard InChI is InChI=1S/C17H32N4O3S/c1-16(2,20(5)12-7-9-21(25-6)10-8-12)15(23)19-14(22)11-13(18)17(3,4)24/h11-12,24H,7-10,18H2,1-6H3,(H,19,22,23). The van der Waals surface area contributed by atoms with Crippen LogP contribution in [0.4, 0.5) is 0 Å². The van der Waals surface area contributed by atoms with Gasteiger partial charge < -0.3 is 10.8 Å². The highest BCUT2D eigenvalue weighted by molar-refractivity contribution is 7.96. The van der Waals surface area contributed by atoms with Gasteiger partial charge in [0, 0.05) is 30.9 Å². The van der Waals surface area contributed by atoms with Crippen LogP contribution in [0.15, 0.2) is 11.8 Å². The lowest BCUT2D eigenvalue weighted by Gasteiger charge is -2.43. The maximum atomic E-state index is 12.6. The van der Waals surface area contributed by atoms with Gasteiger partial charge in [-0.1, -0.05) is 11.9 Å². The summed E-state index contributed by atoms with van der Waals surface area (Å²) in [6.45, 7) is 8.54. The lowest BCUT2D eigenvalue weighted by atomic mass is 9.95. The van der Waals surface area contributed by atoms with Crippen molar-refractivity contribution in [3.8, 4) is 0 Å². The van der Waals surface area contributed by atoms with Crippen LogP contribution in [-0.2, 0) is 9.59 Å². The number of piperidine rings is 1. The van der Waals surface area contributed by atoms with E-state index in [2.05, 4.69) is 15.9 Å². The molecule has 1 saturated heterocycles. The van der Waals surface area contributed by atoms with E-state index in [1.165, 1.54) is 13.8 Å². The first kappa shape index (κ1) is 22.0. The van der Waals surface area contributed by atoms with E-state index < -0.39 is 17.0 Å². The number of nitrogens with two attached hydrogens (primary N) is 1. The van der Waals surface area contributed by atoms with Crippen LogP contribution in [0.5, 0.6) is 0 Å². The fraction of sp³-hybridized carbons (Fsp3) is 0.765. The summed E-state index contributed by atoms with van der Waals surface area (Å²) in [5.41, 5.74) is 3.53. The van der Waals surface area contributed by atoms with Crippen molar-refractivity contribution in [1.82, 2.24) is 14.5 Å². The van der Waals surface area contributed by atoms with Crippen molar-refractivity contribution in [3.63, 3.8) is 0 Å². The summed E-state index contributed by atoms with van der Waals surface area (Å²) in [7, 11) is 1.92. The number of imide groups is 1. The number of nitrogens with one attached hydrogen (secondary N) is 1. The van der Waals surface area contributed by atoms with Crippen molar-refractivity contribution in [2.24, 2.45) is 5.73 Å². The number of carbonyl (C=O) groups excluding carboxylic acids is 2. The summed E-state index contributed by atoms with van der Waals surface area (Å²) in [6, 6.07) is 0.288. The zero-order chi connectivity index (χ0) is 19.4. The smallest absolute Gasteiger partial charge is 0.252 e. The molecule has 8 heteroatoms. The van der Waals surface area contributed by atoms with Gasteiger partial charge in [-0.3, -0.25) is 24.1 Å². The summed E-state index contributed by atoms with van der Waals surface area (Å²) in [6.07, 6.45) is 5.09. The zero-order valence-corrected chi connectivity index (χ0v) is 16.9. The third kappa shape index (κ3) is 5.99. The molecule has 0 spiro atoms. The summed E-state index contributed by atoms with van der Waals surface area (Å²) in [5.74, 6) is -1.00. The van der Waals surface area contributed by atoms with Gasteiger partial charge in [-0.2, -0.15) is 0 Å². The fourth-order valence-electron chi connectivity index (χ4n) is 2.65. The highest BCUT2D eigenvalue weighted by Crippen LogP contribution is 2.25. The van der Waals surface area contributed by atoms with E-state index in [4.69, 9.17) is 5.73 Å². The molecule has 0 bridgehead atoms. The van der Waals surface area contributed by atoms with Gasteiger partial charge in [0.05, 0.1) is 11.1 Å². The SMILES string of the molecule is CSN1CCC(N(C)C(C)(C)C(=O)NC(=O)C=C(N)C(C)(C)O)CC1. The van der Waals surface area contributed by atoms with Gasteiger partial charge in [0.25, 0.3) is 5.91 Å². The molecule has 0 aromatic heterocycles. The molecule has 0 aliphatic carbocycles. The minimum absolute atomic E-state index is 0.00778. The molecule has 7 nitrogen and oxygen atoms in total. The van der Waals surface area contributed by atoms with Crippen LogP contribution in [-0.4, -0.2) is 69.7 Å². The van der Waals surface area contributed by atoms with E-state index in [1.54, 1.807) is 25.8 Å². The highest BCUT2D eigenvalue weighted by Gasteiger charge is 2.38. The maximum Gasteiger partial charge on any atom is 0.252 e. The van der Waals surface area contributed by atoms with Crippen molar-refractivity contribution >= 4 is 23.8 Å². The van der Waals surface area contributed by atoms with E-state index in [9.17, 15) is 14.7 Å². The van der Waals surface area contributed by atoms with E-state index in [0.29, 0.717) is 0 Å². The number of hydrogen-bond acceptors (Lipinski definition) is 7. The Bertz CT molecular complexity index is 520. The van der Waals surface area contributed by atoms with Gasteiger partial charge in [-0.15, -0.1) is 0 Å². The average molecular weight is 373 g/mol. The third-order valence-electron chi connectivity index (χ3n) is 4.90. The van der Waals surface area contributed by atoms with Gasteiger partial charge in [0.1, 0.15) is 0 Å². The Morgan fingerprint density at radius 2 is 1.80 bits per heavy atom. The summed E-state index contributed by atoms with van der Waals surface area (Å²) < 4.78 is 2.31. The Hall–Kier alpha value is -1.09. The molecule has 1 rings (SSSR count). The molecule has 1 heterocycles. The maximum absolute atomic E-state index is 12.6. The van der Waals surface area contributed by atoms with E-state index in [0.717, 1.165) is 32.0 Å². The number of nitrogens with zero attached hydrogens (tertiary/aromatic N) is 2. The Morgan fingerprint density at radius 1 is 1.28 bits per heavy atom. The molecule has 0 unspecified atom stereocenters. The average Bonchev–Trinajstić information content (AvgIpc) is 2.53. The highest BCUT2D eigenvalue weighted by atomic mass is 32.2. The molecule has 1 aliphatic heterocycles. The van der Waals surface area contributed by atoms with Crippen LogP contribution in [0.1, 0.15) is 40.5 Å². The van der Waals surface area contributed by atoms with E-state index >= 15 is 0 Å². The fourth-order valence-corrected chi connectivity index (χ4v) is 3.22. The second kappa shape index (κ2) is 8.53. The van der Waals surface area contributed by atoms with Crippen LogP contribution < -0.4 is 11.1 Å². The minimum Gasteiger partial charge on any atom is -0.400 e. The van der Waals surface area contributed by atoms with E-state index in [-0.39, 0.29) is 17.6 Å². The van der Waals surface area contributed by atoms with Gasteiger partial charge in [-0.25, -0.2) is 0 Å². The molecule has 0 atom stereocenters. The Labute approximate surface area is 155 Å². The molecular weight excluding hydrogens is 340 g/mol. The quantitative estimate of drug-likeness (QED) is 0.466. The summed E-state index contributed by atoms with van der Waals surface area (Å²) >= 11 is 1.74. The second-order valence-corrected chi connectivity index (χ2v) is 8.37. The lowest BCUT2D eigenvalue weighted by Crippen LogP contribution is -2.59. The number of aliphatic hydroxyl groups is 1. The molecule has 2 amide bonds. The van der Waals surface area contributed by atoms with Crippen LogP contribution >= 0.6 is 11.9 Å². The molecule has 144 valence electrons. The van der Waals surface area contributed by atoms with Crippen LogP contribution in [0.3, 0.4) is 0 Å². The summed E-state index contributed by atoms with van der Waals surface area (Å²) in [5, 5.41) is 12.1. The van der Waals surface area contributed by atoms with Crippen molar-refractivity contribution in [2.75, 3.05) is 26.4 Å². The Balaban J connectivity index is 2.71. The van der Waals surface area contributed by atoms with Crippen LogP contribution in [0.25, 0.3) is 0 Å². The molecule has 4 N–H and O–H groups in total. The molecule has 1 fully saturated rings. The van der Waals surface area contributed by atoms with Crippen molar-refractivity contribution in [2.45, 2.75) is 57.7 Å². The van der Waals surface area contributed by atoms with Crippen molar-refractivity contribution < 1.29 is 14.7 Å². The topological polar surface area (TPSA) is 98.9 Å².